The molecule has 0 fully saturated rings. The number of benzene rings is 2. The third-order valence-electron chi connectivity index (χ3n) is 2.29. The van der Waals surface area contributed by atoms with E-state index in [2.05, 4.69) is 4.99 Å². The molecule has 0 saturated carbocycles. The second kappa shape index (κ2) is 4.75. The lowest BCUT2D eigenvalue weighted by Gasteiger charge is -1.96. The fraction of sp³-hybridized carbons (Fsp3) is 0.133. The van der Waals surface area contributed by atoms with E-state index < -0.39 is 0 Å². The molecule has 0 aliphatic heterocycles. The fourth-order valence-electron chi connectivity index (χ4n) is 1.31. The van der Waals surface area contributed by atoms with Crippen molar-refractivity contribution in [2.75, 3.05) is 0 Å². The monoisotopic (exact) mass is 211 g/mol. The predicted octanol–water partition coefficient (Wildman–Crippen LogP) is 4.05. The van der Waals surface area contributed by atoms with Crippen LogP contribution in [0.25, 0.3) is 0 Å². The molecule has 1 nitrogen and oxygen atoms in total. The molecule has 0 aliphatic rings. The van der Waals surface area contributed by atoms with Gasteiger partial charge in [-0.3, -0.25) is 4.99 Å². The summed E-state index contributed by atoms with van der Waals surface area (Å²) < 4.78 is 15.6. The smallest absolute Gasteiger partial charge is 0.0646 e. The Hall–Kier alpha value is -1.89. The Bertz CT molecular complexity index is 563. The number of aryl methyl sites for hydroxylation is 2. The first kappa shape index (κ1) is 8.28. The summed E-state index contributed by atoms with van der Waals surface area (Å²) in [7, 11) is 0. The summed E-state index contributed by atoms with van der Waals surface area (Å²) in [4.78, 5) is 4.25. The molecule has 16 heavy (non-hydrogen) atoms. The number of hydrogen-bond acceptors (Lipinski definition) is 1. The Morgan fingerprint density at radius 2 is 1.50 bits per heavy atom. The molecule has 0 aromatic heterocycles. The molecular weight excluding hydrogens is 194 g/mol. The van der Waals surface area contributed by atoms with E-state index in [1.54, 1.807) is 18.3 Å². The highest BCUT2D eigenvalue weighted by atomic mass is 14.7. The van der Waals surface area contributed by atoms with Gasteiger partial charge in [-0.2, -0.15) is 0 Å². The van der Waals surface area contributed by atoms with Crippen LogP contribution in [0.5, 0.6) is 0 Å². The molecule has 0 saturated heterocycles. The van der Waals surface area contributed by atoms with Crippen molar-refractivity contribution in [3.05, 3.63) is 65.2 Å². The summed E-state index contributed by atoms with van der Waals surface area (Å²) in [5, 5.41) is 0. The third kappa shape index (κ3) is 2.80. The van der Waals surface area contributed by atoms with Crippen LogP contribution in [-0.4, -0.2) is 6.21 Å². The average molecular weight is 211 g/mol. The molecule has 0 radical (unpaired) electrons. The molecule has 0 bridgehead atoms. The number of hydrogen-bond donors (Lipinski definition) is 0. The maximum Gasteiger partial charge on any atom is 0.0646 e. The van der Waals surface area contributed by atoms with Crippen molar-refractivity contribution >= 4 is 11.9 Å². The zero-order valence-electron chi connectivity index (χ0n) is 11.5. The molecule has 2 aromatic carbocycles. The Balaban J connectivity index is 2.31. The van der Waals surface area contributed by atoms with Crippen LogP contribution < -0.4 is 0 Å². The highest BCUT2D eigenvalue weighted by Crippen LogP contribution is 2.12. The minimum Gasteiger partial charge on any atom is -0.256 e. The van der Waals surface area contributed by atoms with E-state index in [1.165, 1.54) is 5.56 Å². The van der Waals surface area contributed by atoms with Crippen molar-refractivity contribution in [3.63, 3.8) is 0 Å². The molecule has 0 amide bonds. The first-order chi connectivity index (χ1) is 8.56. The normalized spacial score (nSPS) is 12.6. The second-order valence-corrected chi connectivity index (χ2v) is 3.84. The quantitative estimate of drug-likeness (QED) is 0.664. The van der Waals surface area contributed by atoms with Gasteiger partial charge in [0.2, 0.25) is 0 Å². The van der Waals surface area contributed by atoms with Gasteiger partial charge in [0.1, 0.15) is 0 Å². The van der Waals surface area contributed by atoms with Crippen LogP contribution >= 0.6 is 0 Å². The molecule has 80 valence electrons. The molecule has 0 aliphatic carbocycles. The Labute approximate surface area is 99.3 Å². The zero-order valence-corrected chi connectivity index (χ0v) is 9.49. The first-order valence-corrected chi connectivity index (χ1v) is 5.25. The topological polar surface area (TPSA) is 12.4 Å². The van der Waals surface area contributed by atoms with E-state index in [0.29, 0.717) is 17.8 Å². The van der Waals surface area contributed by atoms with Gasteiger partial charge >= 0.3 is 0 Å². The minimum atomic E-state index is 0.295. The van der Waals surface area contributed by atoms with Gasteiger partial charge in [-0.05, 0) is 31.5 Å². The molecule has 0 unspecified atom stereocenters. The van der Waals surface area contributed by atoms with Gasteiger partial charge in [0.15, 0.2) is 0 Å². The second-order valence-electron chi connectivity index (χ2n) is 3.84. The van der Waals surface area contributed by atoms with Crippen LogP contribution in [0.2, 0.25) is 0 Å². The highest BCUT2D eigenvalue weighted by molar-refractivity contribution is 5.81. The maximum atomic E-state index is 7.82. The number of aliphatic imine (C=N–C) groups is 1. The number of nitrogens with zero attached hydrogens (tertiary/aromatic N) is 1. The summed E-state index contributed by atoms with van der Waals surface area (Å²) in [6, 6.07) is 12.0. The molecule has 0 atom stereocenters. The predicted molar refractivity (Wildman–Crippen MR) is 69.6 cm³/mol. The first-order valence-electron chi connectivity index (χ1n) is 6.25. The third-order valence-corrected chi connectivity index (χ3v) is 2.29. The average Bonchev–Trinajstić information content (AvgIpc) is 2.30. The van der Waals surface area contributed by atoms with Gasteiger partial charge in [-0.1, -0.05) is 47.5 Å². The van der Waals surface area contributed by atoms with Crippen LogP contribution in [0.1, 0.15) is 19.4 Å². The van der Waals surface area contributed by atoms with Crippen molar-refractivity contribution in [1.82, 2.24) is 0 Å². The Kier molecular flexibility index (Phi) is 2.46. The van der Waals surface area contributed by atoms with E-state index in [-0.39, 0.29) is 0 Å². The lowest BCUT2D eigenvalue weighted by molar-refractivity contribution is 1.43. The molecular formula is C15H15N. The van der Waals surface area contributed by atoms with E-state index >= 15 is 0 Å². The molecule has 0 spiro atoms. The zero-order chi connectivity index (χ0) is 13.1. The lowest BCUT2D eigenvalue weighted by Crippen LogP contribution is -1.80. The molecule has 0 heterocycles. The van der Waals surface area contributed by atoms with Crippen LogP contribution in [0.4, 0.5) is 5.69 Å². The summed E-state index contributed by atoms with van der Waals surface area (Å²) in [6.07, 6.45) is 1.69. The van der Waals surface area contributed by atoms with Crippen LogP contribution in [0.15, 0.2) is 53.5 Å². The molecule has 0 N–H and O–H groups in total. The summed E-state index contributed by atoms with van der Waals surface area (Å²) in [5.74, 6) is 0. The molecule has 2 aromatic rings. The van der Waals surface area contributed by atoms with Gasteiger partial charge in [-0.25, -0.2) is 0 Å². The van der Waals surface area contributed by atoms with Gasteiger partial charge < -0.3 is 0 Å². The van der Waals surface area contributed by atoms with Crippen molar-refractivity contribution < 1.29 is 2.74 Å². The van der Waals surface area contributed by atoms with Crippen molar-refractivity contribution in [3.8, 4) is 0 Å². The van der Waals surface area contributed by atoms with E-state index in [0.717, 1.165) is 11.1 Å². The Morgan fingerprint density at radius 1 is 0.938 bits per heavy atom. The van der Waals surface area contributed by atoms with Crippen molar-refractivity contribution in [2.45, 2.75) is 13.8 Å². The van der Waals surface area contributed by atoms with E-state index in [9.17, 15) is 0 Å². The highest BCUT2D eigenvalue weighted by Gasteiger charge is 1.89. The van der Waals surface area contributed by atoms with Gasteiger partial charge in [0, 0.05) is 6.21 Å². The SMILES string of the molecule is [2H]c1cc(C)cc([2H])c1N=Cc1ccc(C)cc1. The van der Waals surface area contributed by atoms with Gasteiger partial charge in [0.05, 0.1) is 8.43 Å². The lowest BCUT2D eigenvalue weighted by atomic mass is 10.2. The largest absolute Gasteiger partial charge is 0.256 e. The summed E-state index contributed by atoms with van der Waals surface area (Å²) in [6.45, 7) is 3.91. The standard InChI is InChI=1S/C15H15N/c1-12-3-7-14(8-4-12)11-16-15-9-5-13(2)6-10-15/h3-11H,1-2H3/i9D,10D. The summed E-state index contributed by atoms with van der Waals surface area (Å²) in [5.41, 5.74) is 3.50. The number of rotatable bonds is 2. The molecule has 2 rings (SSSR count). The van der Waals surface area contributed by atoms with Crippen LogP contribution in [-0.2, 0) is 0 Å². The van der Waals surface area contributed by atoms with Gasteiger partial charge in [0.25, 0.3) is 0 Å². The van der Waals surface area contributed by atoms with E-state index in [1.807, 2.05) is 38.1 Å². The fourth-order valence-corrected chi connectivity index (χ4v) is 1.31. The maximum absolute atomic E-state index is 7.82. The molecule has 1 heteroatoms. The van der Waals surface area contributed by atoms with Crippen molar-refractivity contribution in [2.24, 2.45) is 4.99 Å². The van der Waals surface area contributed by atoms with Crippen molar-refractivity contribution in [1.29, 1.82) is 0 Å². The van der Waals surface area contributed by atoms with Crippen LogP contribution in [0, 0.1) is 13.8 Å². The minimum absolute atomic E-state index is 0.295. The van der Waals surface area contributed by atoms with Gasteiger partial charge in [-0.15, -0.1) is 0 Å². The Morgan fingerprint density at radius 3 is 2.12 bits per heavy atom. The van der Waals surface area contributed by atoms with Crippen LogP contribution in [0.3, 0.4) is 0 Å². The van der Waals surface area contributed by atoms with E-state index in [4.69, 9.17) is 2.74 Å². The summed E-state index contributed by atoms with van der Waals surface area (Å²) >= 11 is 0.